The molecule has 0 bridgehead atoms. The van der Waals surface area contributed by atoms with Gasteiger partial charge in [-0.2, -0.15) is 0 Å². The van der Waals surface area contributed by atoms with Gasteiger partial charge >= 0.3 is 0 Å². The minimum Gasteiger partial charge on any atom is -0.294 e. The average Bonchev–Trinajstić information content (AvgIpc) is 2.85. The Morgan fingerprint density at radius 3 is 2.15 bits per heavy atom. The molecule has 0 amide bonds. The first kappa shape index (κ1) is 15.5. The van der Waals surface area contributed by atoms with Crippen LogP contribution in [0.1, 0.15) is 29.2 Å². The highest BCUT2D eigenvalue weighted by Crippen LogP contribution is 2.39. The maximum Gasteiger partial charge on any atom is 0.161 e. The van der Waals surface area contributed by atoms with Crippen molar-refractivity contribution in [1.82, 2.24) is 0 Å². The molecule has 1 aliphatic heterocycles. The van der Waals surface area contributed by atoms with E-state index in [4.69, 9.17) is 0 Å². The molecule has 0 N–H and O–H groups in total. The van der Waals surface area contributed by atoms with Crippen LogP contribution in [0.3, 0.4) is 0 Å². The number of hydrogen-bond donors (Lipinski definition) is 0. The molecule has 1 aromatic rings. The van der Waals surface area contributed by atoms with Crippen LogP contribution >= 0.6 is 23.5 Å². The second-order valence-electron chi connectivity index (χ2n) is 5.10. The lowest BCUT2D eigenvalue weighted by Gasteiger charge is -2.08. The third kappa shape index (κ3) is 3.58. The standard InChI is InChI=1S/C17H20OS2/c1-11-9-12(2)15(13(3)10-11)5-6-16(14(4)18)17-19-7-8-20-17/h5-6,9-10H,7-8H2,1-4H3/b6-5+. The first-order valence-corrected chi connectivity index (χ1v) is 8.73. The summed E-state index contributed by atoms with van der Waals surface area (Å²) < 4.78 is 1.18. The van der Waals surface area contributed by atoms with E-state index in [1.165, 1.54) is 26.5 Å². The number of aryl methyl sites for hydroxylation is 3. The van der Waals surface area contributed by atoms with Crippen molar-refractivity contribution < 1.29 is 4.79 Å². The maximum absolute atomic E-state index is 11.8. The summed E-state index contributed by atoms with van der Waals surface area (Å²) in [6.45, 7) is 8.02. The Labute approximate surface area is 129 Å². The van der Waals surface area contributed by atoms with E-state index in [2.05, 4.69) is 39.0 Å². The molecule has 0 saturated carbocycles. The van der Waals surface area contributed by atoms with E-state index in [1.807, 2.05) is 6.08 Å². The first-order valence-electron chi connectivity index (χ1n) is 6.76. The number of thioether (sulfide) groups is 2. The summed E-state index contributed by atoms with van der Waals surface area (Å²) in [7, 11) is 0. The van der Waals surface area contributed by atoms with Gasteiger partial charge in [0.25, 0.3) is 0 Å². The van der Waals surface area contributed by atoms with Crippen molar-refractivity contribution in [3.05, 3.63) is 50.3 Å². The molecule has 106 valence electrons. The van der Waals surface area contributed by atoms with Crippen molar-refractivity contribution in [1.29, 1.82) is 0 Å². The van der Waals surface area contributed by atoms with Gasteiger partial charge in [-0.1, -0.05) is 23.8 Å². The topological polar surface area (TPSA) is 17.1 Å². The van der Waals surface area contributed by atoms with E-state index >= 15 is 0 Å². The van der Waals surface area contributed by atoms with E-state index in [-0.39, 0.29) is 5.78 Å². The highest BCUT2D eigenvalue weighted by atomic mass is 32.2. The normalized spacial score (nSPS) is 15.1. The predicted octanol–water partition coefficient (Wildman–Crippen LogP) is 4.91. The van der Waals surface area contributed by atoms with E-state index in [1.54, 1.807) is 30.4 Å². The lowest BCUT2D eigenvalue weighted by atomic mass is 9.99. The van der Waals surface area contributed by atoms with Crippen LogP contribution in [0, 0.1) is 20.8 Å². The number of allylic oxidation sites excluding steroid dienone is 2. The second kappa shape index (κ2) is 6.68. The van der Waals surface area contributed by atoms with Crippen molar-refractivity contribution in [2.75, 3.05) is 11.5 Å². The average molecular weight is 304 g/mol. The predicted molar refractivity (Wildman–Crippen MR) is 92.3 cm³/mol. The van der Waals surface area contributed by atoms with Crippen LogP contribution in [0.4, 0.5) is 0 Å². The quantitative estimate of drug-likeness (QED) is 0.739. The first-order chi connectivity index (χ1) is 9.49. The molecule has 0 atom stereocenters. The van der Waals surface area contributed by atoms with Crippen LogP contribution in [0.5, 0.6) is 0 Å². The third-order valence-electron chi connectivity index (χ3n) is 3.30. The Bertz CT molecular complexity index is 566. The Morgan fingerprint density at radius 2 is 1.65 bits per heavy atom. The van der Waals surface area contributed by atoms with Crippen LogP contribution in [-0.4, -0.2) is 17.3 Å². The SMILES string of the molecule is CC(=O)C(/C=C/c1c(C)cc(C)cc1C)=C1SCCS1. The molecule has 0 radical (unpaired) electrons. The lowest BCUT2D eigenvalue weighted by Crippen LogP contribution is -1.95. The highest BCUT2D eigenvalue weighted by molar-refractivity contribution is 8.25. The summed E-state index contributed by atoms with van der Waals surface area (Å²) in [6, 6.07) is 4.37. The van der Waals surface area contributed by atoms with Crippen molar-refractivity contribution in [3.8, 4) is 0 Å². The Hall–Kier alpha value is -0.930. The molecule has 0 unspecified atom stereocenters. The summed E-state index contributed by atoms with van der Waals surface area (Å²) in [6.07, 6.45) is 4.08. The van der Waals surface area contributed by atoms with Gasteiger partial charge in [-0.05, 0) is 50.5 Å². The minimum atomic E-state index is 0.153. The molecule has 1 aliphatic rings. The molecular weight excluding hydrogens is 284 g/mol. The monoisotopic (exact) mass is 304 g/mol. The number of hydrogen-bond acceptors (Lipinski definition) is 3. The molecule has 1 nitrogen and oxygen atoms in total. The van der Waals surface area contributed by atoms with Crippen LogP contribution in [0.15, 0.2) is 28.0 Å². The fourth-order valence-electron chi connectivity index (χ4n) is 2.42. The third-order valence-corrected chi connectivity index (χ3v) is 6.05. The Kier molecular flexibility index (Phi) is 5.17. The van der Waals surface area contributed by atoms with Gasteiger partial charge < -0.3 is 0 Å². The van der Waals surface area contributed by atoms with Crippen LogP contribution in [0.25, 0.3) is 6.08 Å². The minimum absolute atomic E-state index is 0.153. The number of carbonyl (C=O) groups is 1. The van der Waals surface area contributed by atoms with Gasteiger partial charge in [0.1, 0.15) is 0 Å². The molecule has 20 heavy (non-hydrogen) atoms. The number of rotatable bonds is 3. The van der Waals surface area contributed by atoms with Gasteiger partial charge in [0, 0.05) is 17.1 Å². The Balaban J connectivity index is 2.37. The van der Waals surface area contributed by atoms with Crippen LogP contribution in [-0.2, 0) is 4.79 Å². The van der Waals surface area contributed by atoms with Gasteiger partial charge in [-0.3, -0.25) is 4.79 Å². The fraction of sp³-hybridized carbons (Fsp3) is 0.353. The van der Waals surface area contributed by atoms with Crippen LogP contribution in [0.2, 0.25) is 0 Å². The van der Waals surface area contributed by atoms with Gasteiger partial charge in [0.05, 0.1) is 4.24 Å². The van der Waals surface area contributed by atoms with Crippen molar-refractivity contribution in [2.45, 2.75) is 27.7 Å². The highest BCUT2D eigenvalue weighted by Gasteiger charge is 2.15. The number of benzene rings is 1. The van der Waals surface area contributed by atoms with Crippen molar-refractivity contribution >= 4 is 35.4 Å². The molecule has 0 aliphatic carbocycles. The smallest absolute Gasteiger partial charge is 0.161 e. The van der Waals surface area contributed by atoms with Crippen LogP contribution < -0.4 is 0 Å². The Morgan fingerprint density at radius 1 is 1.10 bits per heavy atom. The molecule has 3 heteroatoms. The van der Waals surface area contributed by atoms with Crippen molar-refractivity contribution in [2.24, 2.45) is 0 Å². The number of carbonyl (C=O) groups excluding carboxylic acids is 1. The molecule has 0 aromatic heterocycles. The zero-order valence-corrected chi connectivity index (χ0v) is 14.1. The molecule has 2 rings (SSSR count). The second-order valence-corrected chi connectivity index (χ2v) is 7.57. The molecule has 1 saturated heterocycles. The molecule has 1 aromatic carbocycles. The summed E-state index contributed by atoms with van der Waals surface area (Å²) in [5, 5.41) is 0. The fourth-order valence-corrected chi connectivity index (χ4v) is 5.02. The van der Waals surface area contributed by atoms with Gasteiger partial charge in [-0.25, -0.2) is 0 Å². The largest absolute Gasteiger partial charge is 0.294 e. The maximum atomic E-state index is 11.8. The molecule has 0 spiro atoms. The molecule has 1 fully saturated rings. The van der Waals surface area contributed by atoms with E-state index in [0.29, 0.717) is 0 Å². The van der Waals surface area contributed by atoms with Gasteiger partial charge in [0.15, 0.2) is 5.78 Å². The van der Waals surface area contributed by atoms with Gasteiger partial charge in [0.2, 0.25) is 0 Å². The van der Waals surface area contributed by atoms with E-state index in [0.717, 1.165) is 17.1 Å². The van der Waals surface area contributed by atoms with E-state index in [9.17, 15) is 4.79 Å². The molecule has 1 heterocycles. The zero-order valence-electron chi connectivity index (χ0n) is 12.4. The summed E-state index contributed by atoms with van der Waals surface area (Å²) >= 11 is 3.59. The number of Topliss-reactive ketones (excluding diaryl/α,β-unsaturated/α-hetero) is 1. The summed E-state index contributed by atoms with van der Waals surface area (Å²) in [5.41, 5.74) is 5.89. The van der Waals surface area contributed by atoms with E-state index < -0.39 is 0 Å². The zero-order chi connectivity index (χ0) is 14.7. The molecular formula is C17H20OS2. The van der Waals surface area contributed by atoms with Crippen molar-refractivity contribution in [3.63, 3.8) is 0 Å². The lowest BCUT2D eigenvalue weighted by molar-refractivity contribution is -0.113. The summed E-state index contributed by atoms with van der Waals surface area (Å²) in [4.78, 5) is 11.8. The summed E-state index contributed by atoms with van der Waals surface area (Å²) in [5.74, 6) is 2.36. The van der Waals surface area contributed by atoms with Gasteiger partial charge in [-0.15, -0.1) is 23.5 Å². The number of ketones is 1.